The van der Waals surface area contributed by atoms with Gasteiger partial charge in [-0.05, 0) is 24.3 Å². The van der Waals surface area contributed by atoms with Crippen LogP contribution >= 0.6 is 0 Å². The molecule has 0 fully saturated rings. The molecule has 0 atom stereocenters. The Morgan fingerprint density at radius 2 is 1.95 bits per heavy atom. The minimum Gasteiger partial charge on any atom is -0.312 e. The van der Waals surface area contributed by atoms with Crippen LogP contribution < -0.4 is 5.32 Å². The highest BCUT2D eigenvalue weighted by atomic mass is 19.1. The standard InChI is InChI=1S/C15H13F2N3/c16-14-7-11(9-18)8-15(17)13(14)10-19-6-4-12-3-1-2-5-20-12/h1-3,5,7-8,19H,4,6,10H2. The van der Waals surface area contributed by atoms with Crippen molar-refractivity contribution in [2.45, 2.75) is 13.0 Å². The minimum absolute atomic E-state index is 0.0164. The molecule has 0 aliphatic carbocycles. The van der Waals surface area contributed by atoms with Crippen molar-refractivity contribution >= 4 is 0 Å². The molecule has 1 N–H and O–H groups in total. The van der Waals surface area contributed by atoms with Crippen LogP contribution in [-0.2, 0) is 13.0 Å². The van der Waals surface area contributed by atoms with Gasteiger partial charge in [-0.25, -0.2) is 8.78 Å². The molecule has 1 aromatic heterocycles. The molecular weight excluding hydrogens is 260 g/mol. The fourth-order valence-corrected chi connectivity index (χ4v) is 1.81. The topological polar surface area (TPSA) is 48.7 Å². The van der Waals surface area contributed by atoms with Gasteiger partial charge in [-0.2, -0.15) is 5.26 Å². The van der Waals surface area contributed by atoms with Crippen molar-refractivity contribution in [1.29, 1.82) is 5.26 Å². The molecule has 102 valence electrons. The molecule has 0 aliphatic rings. The lowest BCUT2D eigenvalue weighted by molar-refractivity contribution is 0.535. The first-order valence-electron chi connectivity index (χ1n) is 6.19. The highest BCUT2D eigenvalue weighted by Crippen LogP contribution is 2.14. The zero-order valence-electron chi connectivity index (χ0n) is 10.7. The summed E-state index contributed by atoms with van der Waals surface area (Å²) in [6.45, 7) is 0.645. The molecule has 0 saturated heterocycles. The highest BCUT2D eigenvalue weighted by Gasteiger charge is 2.10. The largest absolute Gasteiger partial charge is 0.312 e. The number of halogens is 2. The number of nitrogens with one attached hydrogen (secondary N) is 1. The molecule has 0 unspecified atom stereocenters. The summed E-state index contributed by atoms with van der Waals surface area (Å²) in [5.74, 6) is -1.40. The second kappa shape index (κ2) is 6.73. The van der Waals surface area contributed by atoms with Crippen LogP contribution in [-0.4, -0.2) is 11.5 Å². The Balaban J connectivity index is 1.90. The van der Waals surface area contributed by atoms with E-state index in [1.165, 1.54) is 0 Å². The van der Waals surface area contributed by atoms with Crippen LogP contribution in [0.25, 0.3) is 0 Å². The van der Waals surface area contributed by atoms with E-state index >= 15 is 0 Å². The van der Waals surface area contributed by atoms with Crippen molar-refractivity contribution in [3.63, 3.8) is 0 Å². The lowest BCUT2D eigenvalue weighted by Crippen LogP contribution is -2.19. The molecule has 2 aromatic rings. The first-order chi connectivity index (χ1) is 9.70. The summed E-state index contributed by atoms with van der Waals surface area (Å²) < 4.78 is 27.2. The number of rotatable bonds is 5. The van der Waals surface area contributed by atoms with E-state index in [0.29, 0.717) is 13.0 Å². The van der Waals surface area contributed by atoms with Gasteiger partial charge in [0, 0.05) is 37.0 Å². The third-order valence-electron chi connectivity index (χ3n) is 2.86. The van der Waals surface area contributed by atoms with E-state index in [1.807, 2.05) is 18.2 Å². The average molecular weight is 273 g/mol. The number of hydrogen-bond donors (Lipinski definition) is 1. The molecule has 20 heavy (non-hydrogen) atoms. The Hall–Kier alpha value is -2.32. The third kappa shape index (κ3) is 3.59. The molecule has 3 nitrogen and oxygen atoms in total. The first kappa shape index (κ1) is 14.1. The molecular formula is C15H13F2N3. The van der Waals surface area contributed by atoms with Gasteiger partial charge in [0.2, 0.25) is 0 Å². The summed E-state index contributed by atoms with van der Waals surface area (Å²) >= 11 is 0. The van der Waals surface area contributed by atoms with Crippen LogP contribution in [0.1, 0.15) is 16.8 Å². The molecule has 0 aliphatic heterocycles. The Morgan fingerprint density at radius 3 is 2.55 bits per heavy atom. The van der Waals surface area contributed by atoms with Gasteiger partial charge >= 0.3 is 0 Å². The van der Waals surface area contributed by atoms with Crippen molar-refractivity contribution < 1.29 is 8.78 Å². The van der Waals surface area contributed by atoms with E-state index in [9.17, 15) is 8.78 Å². The van der Waals surface area contributed by atoms with E-state index < -0.39 is 11.6 Å². The summed E-state index contributed by atoms with van der Waals surface area (Å²) in [4.78, 5) is 4.16. The maximum Gasteiger partial charge on any atom is 0.131 e. The smallest absolute Gasteiger partial charge is 0.131 e. The number of nitrogens with zero attached hydrogens (tertiary/aromatic N) is 2. The second-order valence-corrected chi connectivity index (χ2v) is 4.28. The van der Waals surface area contributed by atoms with Gasteiger partial charge in [-0.15, -0.1) is 0 Å². The lowest BCUT2D eigenvalue weighted by atomic mass is 10.1. The Kier molecular flexibility index (Phi) is 4.75. The van der Waals surface area contributed by atoms with Gasteiger partial charge in [0.1, 0.15) is 11.6 Å². The van der Waals surface area contributed by atoms with E-state index in [2.05, 4.69) is 10.3 Å². The van der Waals surface area contributed by atoms with Gasteiger partial charge in [0.25, 0.3) is 0 Å². The number of aromatic nitrogens is 1. The van der Waals surface area contributed by atoms with Crippen LogP contribution in [0.4, 0.5) is 8.78 Å². The van der Waals surface area contributed by atoms with Crippen LogP contribution in [0, 0.1) is 23.0 Å². The summed E-state index contributed by atoms with van der Waals surface area (Å²) in [6, 6.07) is 9.41. The van der Waals surface area contributed by atoms with E-state index in [-0.39, 0.29) is 17.7 Å². The van der Waals surface area contributed by atoms with Crippen molar-refractivity contribution in [3.8, 4) is 6.07 Å². The predicted molar refractivity (Wildman–Crippen MR) is 70.7 cm³/mol. The summed E-state index contributed by atoms with van der Waals surface area (Å²) in [5.41, 5.74) is 0.850. The number of benzene rings is 1. The number of hydrogen-bond acceptors (Lipinski definition) is 3. The SMILES string of the molecule is N#Cc1cc(F)c(CNCCc2ccccn2)c(F)c1. The van der Waals surface area contributed by atoms with Gasteiger partial charge in [0.15, 0.2) is 0 Å². The number of nitriles is 1. The summed E-state index contributed by atoms with van der Waals surface area (Å²) in [7, 11) is 0. The molecule has 0 spiro atoms. The van der Waals surface area contributed by atoms with Crippen LogP contribution in [0.15, 0.2) is 36.5 Å². The molecule has 5 heteroatoms. The maximum absolute atomic E-state index is 13.6. The molecule has 0 bridgehead atoms. The van der Waals surface area contributed by atoms with Crippen molar-refractivity contribution in [2.75, 3.05) is 6.54 Å². The van der Waals surface area contributed by atoms with Crippen molar-refractivity contribution in [3.05, 3.63) is 65.0 Å². The van der Waals surface area contributed by atoms with Crippen LogP contribution in [0.2, 0.25) is 0 Å². The molecule has 2 rings (SSSR count). The minimum atomic E-state index is -0.702. The molecule has 1 aromatic carbocycles. The van der Waals surface area contributed by atoms with E-state index in [0.717, 1.165) is 17.8 Å². The van der Waals surface area contributed by atoms with Gasteiger partial charge in [-0.1, -0.05) is 6.07 Å². The average Bonchev–Trinajstić information content (AvgIpc) is 2.46. The van der Waals surface area contributed by atoms with Gasteiger partial charge < -0.3 is 5.32 Å². The molecule has 0 radical (unpaired) electrons. The van der Waals surface area contributed by atoms with E-state index in [1.54, 1.807) is 12.3 Å². The van der Waals surface area contributed by atoms with Gasteiger partial charge in [0.05, 0.1) is 11.6 Å². The maximum atomic E-state index is 13.6. The summed E-state index contributed by atoms with van der Waals surface area (Å²) in [6.07, 6.45) is 2.38. The fourth-order valence-electron chi connectivity index (χ4n) is 1.81. The third-order valence-corrected chi connectivity index (χ3v) is 2.86. The molecule has 0 saturated carbocycles. The number of pyridine rings is 1. The van der Waals surface area contributed by atoms with Crippen LogP contribution in [0.5, 0.6) is 0 Å². The molecule has 1 heterocycles. The molecule has 0 amide bonds. The van der Waals surface area contributed by atoms with Crippen molar-refractivity contribution in [2.24, 2.45) is 0 Å². The fraction of sp³-hybridized carbons (Fsp3) is 0.200. The lowest BCUT2D eigenvalue weighted by Gasteiger charge is -2.07. The Labute approximate surface area is 115 Å². The van der Waals surface area contributed by atoms with E-state index in [4.69, 9.17) is 5.26 Å². The Bertz CT molecular complexity index is 598. The predicted octanol–water partition coefficient (Wildman–Crippen LogP) is 2.56. The van der Waals surface area contributed by atoms with Crippen molar-refractivity contribution in [1.82, 2.24) is 10.3 Å². The van der Waals surface area contributed by atoms with Gasteiger partial charge in [-0.3, -0.25) is 4.98 Å². The van der Waals surface area contributed by atoms with Crippen LogP contribution in [0.3, 0.4) is 0 Å². The Morgan fingerprint density at radius 1 is 1.20 bits per heavy atom. The second-order valence-electron chi connectivity index (χ2n) is 4.28. The summed E-state index contributed by atoms with van der Waals surface area (Å²) in [5, 5.41) is 11.6. The zero-order valence-corrected chi connectivity index (χ0v) is 10.7. The zero-order chi connectivity index (χ0) is 14.4. The quantitative estimate of drug-likeness (QED) is 0.852. The monoisotopic (exact) mass is 273 g/mol. The first-order valence-corrected chi connectivity index (χ1v) is 6.19. The normalized spacial score (nSPS) is 10.2. The highest BCUT2D eigenvalue weighted by molar-refractivity contribution is 5.34.